The van der Waals surface area contributed by atoms with Gasteiger partial charge in [0.25, 0.3) is 5.91 Å². The predicted molar refractivity (Wildman–Crippen MR) is 117 cm³/mol. The van der Waals surface area contributed by atoms with Crippen LogP contribution < -0.4 is 11.1 Å². The van der Waals surface area contributed by atoms with Crippen LogP contribution in [0.3, 0.4) is 0 Å². The number of nitrogens with one attached hydrogen (secondary N) is 2. The van der Waals surface area contributed by atoms with Gasteiger partial charge in [-0.05, 0) is 67.5 Å². The highest BCUT2D eigenvalue weighted by molar-refractivity contribution is 6.13. The van der Waals surface area contributed by atoms with Crippen molar-refractivity contribution in [1.82, 2.24) is 9.97 Å². The zero-order valence-electron chi connectivity index (χ0n) is 16.6. The molecule has 0 saturated heterocycles. The molecule has 1 aromatic carbocycles. The molecule has 0 atom stereocenters. The van der Waals surface area contributed by atoms with Crippen LogP contribution in [0, 0.1) is 30.6 Å². The fourth-order valence-corrected chi connectivity index (χ4v) is 2.83. The number of hydrogen-bond donors (Lipinski definition) is 3. The zero-order valence-corrected chi connectivity index (χ0v) is 16.6. The number of carbonyl (C=O) groups is 1. The van der Waals surface area contributed by atoms with Gasteiger partial charge in [0, 0.05) is 29.3 Å². The summed E-state index contributed by atoms with van der Waals surface area (Å²) in [6, 6.07) is 12.5. The monoisotopic (exact) mass is 396 g/mol. The van der Waals surface area contributed by atoms with Gasteiger partial charge in [0.2, 0.25) is 0 Å². The number of nitriles is 1. The normalized spacial score (nSPS) is 10.6. The first-order valence-corrected chi connectivity index (χ1v) is 9.16. The fourth-order valence-electron chi connectivity index (χ4n) is 2.83. The summed E-state index contributed by atoms with van der Waals surface area (Å²) in [7, 11) is 0. The van der Waals surface area contributed by atoms with Crippen molar-refractivity contribution in [2.24, 2.45) is 0 Å². The molecule has 0 fully saturated rings. The van der Waals surface area contributed by atoms with Crippen LogP contribution in [0.1, 0.15) is 38.4 Å². The average molecular weight is 396 g/mol. The first-order valence-electron chi connectivity index (χ1n) is 9.16. The smallest absolute Gasteiger partial charge is 0.274 e. The largest absolute Gasteiger partial charge is 0.398 e. The molecule has 0 aliphatic rings. The third kappa shape index (κ3) is 4.39. The van der Waals surface area contributed by atoms with Crippen molar-refractivity contribution in [3.05, 3.63) is 88.5 Å². The molecule has 0 saturated carbocycles. The Kier molecular flexibility index (Phi) is 5.99. The number of hydrogen-bond acceptors (Lipinski definition) is 6. The van der Waals surface area contributed by atoms with Crippen molar-refractivity contribution in [3.63, 3.8) is 0 Å². The van der Waals surface area contributed by atoms with Crippen LogP contribution in [-0.4, -0.2) is 21.6 Å². The van der Waals surface area contributed by atoms with Gasteiger partial charge >= 0.3 is 0 Å². The van der Waals surface area contributed by atoms with E-state index in [0.29, 0.717) is 28.1 Å². The molecule has 148 valence electrons. The number of rotatable bonds is 5. The molecular weight excluding hydrogens is 376 g/mol. The number of nitrogen functional groups attached to an aromatic ring is 1. The molecule has 0 bridgehead atoms. The van der Waals surface area contributed by atoms with Crippen molar-refractivity contribution in [2.75, 3.05) is 11.1 Å². The average Bonchev–Trinajstić information content (AvgIpc) is 2.75. The first kappa shape index (κ1) is 20.4. The lowest BCUT2D eigenvalue weighted by atomic mass is 10.0. The summed E-state index contributed by atoms with van der Waals surface area (Å²) in [5, 5.41) is 20.2. The minimum Gasteiger partial charge on any atom is -0.398 e. The van der Waals surface area contributed by atoms with Gasteiger partial charge in [-0.3, -0.25) is 9.78 Å². The van der Waals surface area contributed by atoms with E-state index in [9.17, 15) is 4.79 Å². The third-order valence-corrected chi connectivity index (χ3v) is 4.69. The summed E-state index contributed by atoms with van der Waals surface area (Å²) < 4.78 is 0. The van der Waals surface area contributed by atoms with Crippen LogP contribution in [-0.2, 0) is 0 Å². The van der Waals surface area contributed by atoms with Crippen LogP contribution in [0.15, 0.2) is 54.9 Å². The Morgan fingerprint density at radius 2 is 2.00 bits per heavy atom. The SMILES string of the molecule is Cc1c(C#N)cnc(C(=O)Nc2ccc(N)c(C(=N)/C=C/c3ccccn3)c2)c1C. The zero-order chi connectivity index (χ0) is 21.7. The van der Waals surface area contributed by atoms with E-state index >= 15 is 0 Å². The highest BCUT2D eigenvalue weighted by Crippen LogP contribution is 2.21. The Balaban J connectivity index is 1.82. The molecule has 2 heterocycles. The first-order chi connectivity index (χ1) is 14.4. The van der Waals surface area contributed by atoms with E-state index in [1.807, 2.05) is 18.2 Å². The van der Waals surface area contributed by atoms with Crippen LogP contribution in [0.5, 0.6) is 0 Å². The lowest BCUT2D eigenvalue weighted by molar-refractivity contribution is 0.102. The molecule has 0 unspecified atom stereocenters. The molecule has 2 aromatic heterocycles. The van der Waals surface area contributed by atoms with E-state index in [1.54, 1.807) is 50.4 Å². The Morgan fingerprint density at radius 1 is 1.20 bits per heavy atom. The second-order valence-electron chi connectivity index (χ2n) is 6.64. The maximum absolute atomic E-state index is 12.7. The number of benzene rings is 1. The number of aromatic nitrogens is 2. The number of nitrogens with two attached hydrogens (primary N) is 1. The van der Waals surface area contributed by atoms with Gasteiger partial charge < -0.3 is 16.5 Å². The minimum absolute atomic E-state index is 0.192. The van der Waals surface area contributed by atoms with Crippen molar-refractivity contribution in [1.29, 1.82) is 10.7 Å². The molecule has 0 aliphatic heterocycles. The molecule has 0 spiro atoms. The van der Waals surface area contributed by atoms with Gasteiger partial charge in [-0.15, -0.1) is 0 Å². The maximum Gasteiger partial charge on any atom is 0.274 e. The maximum atomic E-state index is 12.7. The van der Waals surface area contributed by atoms with Gasteiger partial charge in [0.15, 0.2) is 0 Å². The summed E-state index contributed by atoms with van der Waals surface area (Å²) in [6.07, 6.45) is 6.40. The highest BCUT2D eigenvalue weighted by atomic mass is 16.1. The number of anilines is 2. The van der Waals surface area contributed by atoms with Crippen LogP contribution in [0.2, 0.25) is 0 Å². The Labute approximate surface area is 174 Å². The lowest BCUT2D eigenvalue weighted by Gasteiger charge is -2.12. The van der Waals surface area contributed by atoms with Crippen molar-refractivity contribution >= 4 is 29.1 Å². The third-order valence-electron chi connectivity index (χ3n) is 4.69. The summed E-state index contributed by atoms with van der Waals surface area (Å²) in [5.74, 6) is -0.397. The molecule has 0 radical (unpaired) electrons. The molecular formula is C23H20N6O. The lowest BCUT2D eigenvalue weighted by Crippen LogP contribution is -2.17. The Bertz CT molecular complexity index is 1190. The highest BCUT2D eigenvalue weighted by Gasteiger charge is 2.15. The van der Waals surface area contributed by atoms with Gasteiger partial charge in [0.1, 0.15) is 11.8 Å². The van der Waals surface area contributed by atoms with Gasteiger partial charge in [-0.1, -0.05) is 6.07 Å². The Morgan fingerprint density at radius 3 is 2.70 bits per heavy atom. The minimum atomic E-state index is -0.397. The van der Waals surface area contributed by atoms with Crippen molar-refractivity contribution in [3.8, 4) is 6.07 Å². The second kappa shape index (κ2) is 8.80. The Hall–Kier alpha value is -4.31. The van der Waals surface area contributed by atoms with E-state index in [1.165, 1.54) is 6.20 Å². The quantitative estimate of drug-likeness (QED) is 0.445. The van der Waals surface area contributed by atoms with E-state index in [0.717, 1.165) is 11.3 Å². The van der Waals surface area contributed by atoms with Crippen LogP contribution >= 0.6 is 0 Å². The predicted octanol–water partition coefficient (Wildman–Crippen LogP) is 3.88. The topological polar surface area (TPSA) is 129 Å². The molecule has 7 heteroatoms. The molecule has 1 amide bonds. The van der Waals surface area contributed by atoms with Crippen LogP contribution in [0.4, 0.5) is 11.4 Å². The standard InChI is InChI=1S/C23H20N6O/c1-14-15(2)22(28-13-16(14)12-24)23(30)29-18-7-9-21(26)19(11-18)20(25)8-6-17-5-3-4-10-27-17/h3-11,13,25H,26H2,1-2H3,(H,29,30)/b8-6+,25-20?. The van der Waals surface area contributed by atoms with E-state index in [2.05, 4.69) is 21.4 Å². The summed E-state index contributed by atoms with van der Waals surface area (Å²) in [5.41, 5.74) is 10.4. The molecule has 3 rings (SSSR count). The molecule has 4 N–H and O–H groups in total. The number of amides is 1. The number of allylic oxidation sites excluding steroid dienone is 1. The summed E-state index contributed by atoms with van der Waals surface area (Å²) >= 11 is 0. The summed E-state index contributed by atoms with van der Waals surface area (Å²) in [6.45, 7) is 3.54. The van der Waals surface area contributed by atoms with Crippen LogP contribution in [0.25, 0.3) is 6.08 Å². The summed E-state index contributed by atoms with van der Waals surface area (Å²) in [4.78, 5) is 21.0. The number of nitrogens with zero attached hydrogens (tertiary/aromatic N) is 3. The van der Waals surface area contributed by atoms with Crippen molar-refractivity contribution in [2.45, 2.75) is 13.8 Å². The van der Waals surface area contributed by atoms with Crippen molar-refractivity contribution < 1.29 is 4.79 Å². The van der Waals surface area contributed by atoms with E-state index in [-0.39, 0.29) is 11.4 Å². The molecule has 30 heavy (non-hydrogen) atoms. The van der Waals surface area contributed by atoms with E-state index < -0.39 is 5.91 Å². The molecule has 7 nitrogen and oxygen atoms in total. The second-order valence-corrected chi connectivity index (χ2v) is 6.64. The number of pyridine rings is 2. The molecule has 0 aliphatic carbocycles. The van der Waals surface area contributed by atoms with E-state index in [4.69, 9.17) is 16.4 Å². The number of carbonyl (C=O) groups excluding carboxylic acids is 1. The fraction of sp³-hybridized carbons (Fsp3) is 0.0870. The van der Waals surface area contributed by atoms with Gasteiger partial charge in [-0.2, -0.15) is 5.26 Å². The van der Waals surface area contributed by atoms with Gasteiger partial charge in [-0.25, -0.2) is 4.98 Å². The van der Waals surface area contributed by atoms with Gasteiger partial charge in [0.05, 0.1) is 17.0 Å². The molecule has 3 aromatic rings.